The van der Waals surface area contributed by atoms with Crippen LogP contribution in [-0.2, 0) is 4.79 Å². The molecule has 0 aromatic carbocycles. The Hall–Kier alpha value is -2.64. The first kappa shape index (κ1) is 23.7. The van der Waals surface area contributed by atoms with Gasteiger partial charge in [0.25, 0.3) is 0 Å². The van der Waals surface area contributed by atoms with Gasteiger partial charge in [0, 0.05) is 53.4 Å². The summed E-state index contributed by atoms with van der Waals surface area (Å²) < 4.78 is 0. The number of aromatic amines is 1. The molecule has 0 aliphatic heterocycles. The van der Waals surface area contributed by atoms with Gasteiger partial charge >= 0.3 is 0 Å². The lowest BCUT2D eigenvalue weighted by Crippen LogP contribution is -2.47. The molecule has 0 atom stereocenters. The van der Waals surface area contributed by atoms with E-state index in [1.54, 1.807) is 6.20 Å². The quantitative estimate of drug-likeness (QED) is 0.320. The summed E-state index contributed by atoms with van der Waals surface area (Å²) in [6, 6.07) is 9.96. The van der Waals surface area contributed by atoms with Crippen molar-refractivity contribution in [2.45, 2.75) is 88.4 Å². The molecule has 4 N–H and O–H groups in total. The first-order valence-corrected chi connectivity index (χ1v) is 13.9. The molecule has 36 heavy (non-hydrogen) atoms. The fourth-order valence-electron chi connectivity index (χ4n) is 5.94. The van der Waals surface area contributed by atoms with E-state index < -0.39 is 0 Å². The van der Waals surface area contributed by atoms with Crippen LogP contribution in [0.3, 0.4) is 0 Å². The van der Waals surface area contributed by atoms with E-state index in [1.807, 2.05) is 18.3 Å². The molecule has 3 saturated carbocycles. The normalized spacial score (nSPS) is 26.6. The predicted molar refractivity (Wildman–Crippen MR) is 144 cm³/mol. The molecule has 0 saturated heterocycles. The fraction of sp³-hybridized carbons (Fsp3) is 0.536. The number of anilines is 1. The van der Waals surface area contributed by atoms with Gasteiger partial charge in [-0.15, -0.1) is 0 Å². The molecule has 3 heterocycles. The van der Waals surface area contributed by atoms with Gasteiger partial charge in [-0.3, -0.25) is 4.79 Å². The summed E-state index contributed by atoms with van der Waals surface area (Å²) >= 11 is 6.41. The number of carbonyl (C=O) groups is 1. The minimum absolute atomic E-state index is 0.289. The Morgan fingerprint density at radius 2 is 1.61 bits per heavy atom. The maximum atomic E-state index is 12.0. The van der Waals surface area contributed by atoms with E-state index in [9.17, 15) is 4.79 Å². The lowest BCUT2D eigenvalue weighted by molar-refractivity contribution is -0.123. The molecule has 0 spiro atoms. The zero-order valence-electron chi connectivity index (χ0n) is 20.6. The predicted octanol–water partition coefficient (Wildman–Crippen LogP) is 5.43. The number of halogens is 1. The highest BCUT2D eigenvalue weighted by molar-refractivity contribution is 6.29. The van der Waals surface area contributed by atoms with Crippen molar-refractivity contribution >= 4 is 34.4 Å². The molecule has 8 heteroatoms. The van der Waals surface area contributed by atoms with Gasteiger partial charge in [0.05, 0.1) is 0 Å². The zero-order valence-corrected chi connectivity index (χ0v) is 21.4. The third-order valence-corrected chi connectivity index (χ3v) is 8.32. The topological polar surface area (TPSA) is 94.7 Å². The third-order valence-electron chi connectivity index (χ3n) is 8.13. The van der Waals surface area contributed by atoms with Gasteiger partial charge < -0.3 is 20.9 Å². The first-order chi connectivity index (χ1) is 17.6. The summed E-state index contributed by atoms with van der Waals surface area (Å²) in [5, 5.41) is 12.4. The lowest BCUT2D eigenvalue weighted by Gasteiger charge is -2.36. The number of nitrogens with zero attached hydrogens (tertiary/aromatic N) is 2. The fourth-order valence-corrected chi connectivity index (χ4v) is 6.15. The van der Waals surface area contributed by atoms with Crippen LogP contribution in [0.25, 0.3) is 22.2 Å². The van der Waals surface area contributed by atoms with Crippen molar-refractivity contribution in [1.29, 1.82) is 0 Å². The summed E-state index contributed by atoms with van der Waals surface area (Å²) in [6.07, 6.45) is 15.0. The summed E-state index contributed by atoms with van der Waals surface area (Å²) in [4.78, 5) is 24.2. The molecule has 3 aliphatic carbocycles. The number of hydrogen-bond donors (Lipinski definition) is 4. The molecule has 3 fully saturated rings. The summed E-state index contributed by atoms with van der Waals surface area (Å²) in [6.45, 7) is 0. The number of amides is 1. The Balaban J connectivity index is 0.993. The van der Waals surface area contributed by atoms with Crippen molar-refractivity contribution in [3.8, 4) is 11.1 Å². The van der Waals surface area contributed by atoms with E-state index >= 15 is 0 Å². The molecule has 0 bridgehead atoms. The Labute approximate surface area is 217 Å². The van der Waals surface area contributed by atoms with Crippen LogP contribution in [0.5, 0.6) is 0 Å². The van der Waals surface area contributed by atoms with Crippen LogP contribution in [0.4, 0.5) is 5.82 Å². The van der Waals surface area contributed by atoms with E-state index in [0.29, 0.717) is 35.2 Å². The largest absolute Gasteiger partial charge is 0.367 e. The number of fused-ring (bicyclic) bond motifs is 1. The summed E-state index contributed by atoms with van der Waals surface area (Å²) in [7, 11) is 0. The minimum atomic E-state index is 0.289. The van der Waals surface area contributed by atoms with Crippen molar-refractivity contribution in [2.75, 3.05) is 5.32 Å². The van der Waals surface area contributed by atoms with Gasteiger partial charge in [0.15, 0.2) is 0 Å². The maximum absolute atomic E-state index is 12.0. The third kappa shape index (κ3) is 5.52. The highest BCUT2D eigenvalue weighted by atomic mass is 35.5. The van der Waals surface area contributed by atoms with Gasteiger partial charge in [-0.1, -0.05) is 11.6 Å². The monoisotopic (exact) mass is 506 g/mol. The number of rotatable bonds is 7. The van der Waals surface area contributed by atoms with E-state index in [-0.39, 0.29) is 5.91 Å². The Bertz CT molecular complexity index is 1210. The number of pyridine rings is 2. The van der Waals surface area contributed by atoms with E-state index in [1.165, 1.54) is 0 Å². The SMILES string of the molecule is O=C(NC1CCC(N[C@H]2CC[C@H](Nc3cc(-c4c[nH]c5ncccc45)cc(Cl)n3)CC2)CC1)C1CC1. The number of nitrogens with one attached hydrogen (secondary N) is 4. The molecule has 7 nitrogen and oxygen atoms in total. The van der Waals surface area contributed by atoms with E-state index in [2.05, 4.69) is 43.0 Å². The maximum Gasteiger partial charge on any atom is 0.223 e. The highest BCUT2D eigenvalue weighted by Gasteiger charge is 2.32. The molecule has 0 radical (unpaired) electrons. The van der Waals surface area contributed by atoms with Crippen molar-refractivity contribution in [2.24, 2.45) is 5.92 Å². The van der Waals surface area contributed by atoms with Crippen LogP contribution in [0, 0.1) is 5.92 Å². The van der Waals surface area contributed by atoms with Gasteiger partial charge in [0.2, 0.25) is 5.91 Å². The van der Waals surface area contributed by atoms with Crippen molar-refractivity contribution in [3.05, 3.63) is 41.8 Å². The van der Waals surface area contributed by atoms with Crippen LogP contribution in [0.15, 0.2) is 36.7 Å². The Kier molecular flexibility index (Phi) is 6.85. The van der Waals surface area contributed by atoms with Crippen molar-refractivity contribution < 1.29 is 4.79 Å². The standard InChI is InChI=1S/C28H35ClN6O/c29-25-14-18(24-16-31-27-23(24)2-1-13-30-27)15-26(35-25)33-21-9-5-19(6-10-21)32-20-7-11-22(12-8-20)34-28(36)17-3-4-17/h1-2,13-17,19-22,32H,3-12H2,(H,30,31)(H,33,35)(H,34,36)/t19-,20?,21-,22?. The average molecular weight is 507 g/mol. The van der Waals surface area contributed by atoms with Crippen LogP contribution in [0.1, 0.15) is 64.2 Å². The van der Waals surface area contributed by atoms with Gasteiger partial charge in [-0.05, 0) is 94.0 Å². The van der Waals surface area contributed by atoms with Gasteiger partial charge in [-0.2, -0.15) is 0 Å². The number of carbonyl (C=O) groups excluding carboxylic acids is 1. The molecular formula is C28H35ClN6O. The molecule has 3 aromatic rings. The molecule has 6 rings (SSSR count). The molecule has 0 unspecified atom stereocenters. The van der Waals surface area contributed by atoms with Crippen molar-refractivity contribution in [1.82, 2.24) is 25.6 Å². The second-order valence-corrected chi connectivity index (χ2v) is 11.2. The van der Waals surface area contributed by atoms with E-state index in [0.717, 1.165) is 92.2 Å². The van der Waals surface area contributed by atoms with Crippen LogP contribution in [-0.4, -0.2) is 45.0 Å². The summed E-state index contributed by atoms with van der Waals surface area (Å²) in [5.41, 5.74) is 2.99. The number of hydrogen-bond acceptors (Lipinski definition) is 5. The molecule has 190 valence electrons. The summed E-state index contributed by atoms with van der Waals surface area (Å²) in [5.74, 6) is 1.43. The second kappa shape index (κ2) is 10.4. The average Bonchev–Trinajstić information content (AvgIpc) is 3.65. The number of aromatic nitrogens is 3. The first-order valence-electron chi connectivity index (χ1n) is 13.5. The number of H-pyrrole nitrogens is 1. The van der Waals surface area contributed by atoms with Gasteiger partial charge in [-0.25, -0.2) is 9.97 Å². The Morgan fingerprint density at radius 1 is 0.917 bits per heavy atom. The minimum Gasteiger partial charge on any atom is -0.367 e. The Morgan fingerprint density at radius 3 is 2.33 bits per heavy atom. The zero-order chi connectivity index (χ0) is 24.5. The second-order valence-electron chi connectivity index (χ2n) is 10.9. The smallest absolute Gasteiger partial charge is 0.223 e. The van der Waals surface area contributed by atoms with E-state index in [4.69, 9.17) is 11.6 Å². The molecule has 1 amide bonds. The molecular weight excluding hydrogens is 472 g/mol. The van der Waals surface area contributed by atoms with Crippen LogP contribution in [0.2, 0.25) is 5.15 Å². The van der Waals surface area contributed by atoms with Crippen LogP contribution < -0.4 is 16.0 Å². The van der Waals surface area contributed by atoms with Crippen LogP contribution >= 0.6 is 11.6 Å². The highest BCUT2D eigenvalue weighted by Crippen LogP contribution is 2.32. The van der Waals surface area contributed by atoms with Gasteiger partial charge in [0.1, 0.15) is 16.6 Å². The molecule has 3 aliphatic rings. The van der Waals surface area contributed by atoms with Crippen molar-refractivity contribution in [3.63, 3.8) is 0 Å². The molecule has 3 aromatic heterocycles. The lowest BCUT2D eigenvalue weighted by atomic mass is 9.87.